The third kappa shape index (κ3) is 4.79. The third-order valence-corrected chi connectivity index (χ3v) is 9.42. The van der Waals surface area contributed by atoms with E-state index in [2.05, 4.69) is 0 Å². The van der Waals surface area contributed by atoms with Gasteiger partial charge < -0.3 is 4.42 Å². The maximum Gasteiger partial charge on any atom is 0.143 e. The minimum Gasteiger partial charge on any atom is -0.455 e. The second-order valence-corrected chi connectivity index (χ2v) is 12.4. The van der Waals surface area contributed by atoms with Gasteiger partial charge in [-0.2, -0.15) is 0 Å². The molecule has 0 saturated carbocycles. The zero-order valence-electron chi connectivity index (χ0n) is 48.3. The van der Waals surface area contributed by atoms with E-state index in [0.29, 0.717) is 21.9 Å². The maximum absolute atomic E-state index is 9.51. The predicted octanol–water partition coefficient (Wildman–Crippen LogP) is 14.9. The van der Waals surface area contributed by atoms with E-state index in [-0.39, 0.29) is 89.9 Å². The van der Waals surface area contributed by atoms with Crippen LogP contribution in [0.1, 0.15) is 28.8 Å². The van der Waals surface area contributed by atoms with Crippen molar-refractivity contribution in [3.63, 3.8) is 0 Å². The summed E-state index contributed by atoms with van der Waals surface area (Å²) in [7, 11) is 0. The molecule has 0 saturated heterocycles. The Bertz CT molecular complexity index is 4350. The van der Waals surface area contributed by atoms with Gasteiger partial charge in [0.1, 0.15) is 11.2 Å². The highest BCUT2D eigenvalue weighted by Crippen LogP contribution is 2.45. The van der Waals surface area contributed by atoms with Crippen LogP contribution in [0, 0.1) is 0 Å². The van der Waals surface area contributed by atoms with Crippen LogP contribution >= 0.6 is 0 Å². The van der Waals surface area contributed by atoms with Crippen LogP contribution in [-0.2, 0) is 0 Å². The fraction of sp³-hybridized carbons (Fsp3) is 0. The van der Waals surface area contributed by atoms with Crippen LogP contribution in [0.3, 0.4) is 0 Å². The summed E-state index contributed by atoms with van der Waals surface area (Å²) in [5.41, 5.74) is -0.0153. The highest BCUT2D eigenvalue weighted by Gasteiger charge is 2.18. The molecule has 11 rings (SSSR count). The van der Waals surface area contributed by atoms with Crippen molar-refractivity contribution in [2.45, 2.75) is 0 Å². The van der Waals surface area contributed by atoms with Crippen LogP contribution in [0.5, 0.6) is 0 Å². The molecule has 53 heavy (non-hydrogen) atoms. The average molecular weight is 694 g/mol. The molecule has 11 aromatic rings. The molecule has 0 N–H and O–H groups in total. The molecule has 0 fully saturated rings. The smallest absolute Gasteiger partial charge is 0.143 e. The largest absolute Gasteiger partial charge is 0.455 e. The van der Waals surface area contributed by atoms with E-state index in [1.807, 2.05) is 0 Å². The van der Waals surface area contributed by atoms with E-state index >= 15 is 0 Å². The molecule has 1 aromatic heterocycles. The van der Waals surface area contributed by atoms with Crippen LogP contribution in [0.2, 0.25) is 0 Å². The molecule has 0 aliphatic carbocycles. The first-order valence-corrected chi connectivity index (χ1v) is 16.5. The fourth-order valence-corrected chi connectivity index (χ4v) is 7.00. The molecule has 0 atom stereocenters. The number of para-hydroxylation sites is 1. The first-order valence-electron chi connectivity index (χ1n) is 27.0. The number of benzene rings is 10. The zero-order chi connectivity index (χ0) is 53.2. The zero-order valence-corrected chi connectivity index (χ0v) is 27.3. The summed E-state index contributed by atoms with van der Waals surface area (Å²) in [5, 5.41) is -1.26. The van der Waals surface area contributed by atoms with Crippen molar-refractivity contribution < 1.29 is 33.2 Å². The summed E-state index contributed by atoms with van der Waals surface area (Å²) in [5.74, 6) is 0. The molecule has 1 heterocycles. The standard InChI is InChI=1S/C52H32O/c1-2-12-34(13-3-1)42-19-10-20-47-48-32-39(27-28-49(48)53-52(42)47)37-22-23-38-31-41(26-24-36(38)29-37)51-45-17-8-6-15-43(45)50(44-16-7-9-18-46(44)51)40-25-21-33-11-4-5-14-35(33)30-40/h1-32H/i4D,5D,6D,7D,8D,9D,10D,11D,14D,15D,16D,17D,18D,19D,20D,21D,25D,27D,28D,30D,32D. The van der Waals surface area contributed by atoms with Gasteiger partial charge in [0.25, 0.3) is 0 Å². The van der Waals surface area contributed by atoms with Gasteiger partial charge in [-0.15, -0.1) is 0 Å². The predicted molar refractivity (Wildman–Crippen MR) is 225 cm³/mol. The Balaban J connectivity index is 1.20. The molecule has 0 bridgehead atoms. The number of rotatable bonds is 4. The van der Waals surface area contributed by atoms with Crippen molar-refractivity contribution in [2.24, 2.45) is 0 Å². The van der Waals surface area contributed by atoms with Gasteiger partial charge in [-0.25, -0.2) is 0 Å². The summed E-state index contributed by atoms with van der Waals surface area (Å²) in [6.07, 6.45) is 0. The summed E-state index contributed by atoms with van der Waals surface area (Å²) in [6.45, 7) is 0. The minimum absolute atomic E-state index is 0.000474. The van der Waals surface area contributed by atoms with Gasteiger partial charge >= 0.3 is 0 Å². The SMILES string of the molecule is [2H]c1c(-c2ccc3cc(-c4c5c([2H])c([2H])c([2H])c([2H])c5c(-c5c([2H])c([2H])c6c([2H])c([2H])c([2H])c([2H])c6c5[2H])c5c([2H])c([2H])c([2H])c([2H])c45)ccc3c2)c([2H])c2c(oc3c(-c4ccccc4)c([2H])c([2H])c([2H])c32)c1[2H]. The van der Waals surface area contributed by atoms with Gasteiger partial charge in [0.15, 0.2) is 0 Å². The number of hydrogen-bond acceptors (Lipinski definition) is 1. The van der Waals surface area contributed by atoms with Gasteiger partial charge in [0.2, 0.25) is 0 Å². The van der Waals surface area contributed by atoms with Gasteiger partial charge in [-0.1, -0.05) is 163 Å². The van der Waals surface area contributed by atoms with Crippen LogP contribution in [0.4, 0.5) is 0 Å². The molecule has 0 aliphatic rings. The lowest BCUT2D eigenvalue weighted by Gasteiger charge is -2.18. The fourth-order valence-electron chi connectivity index (χ4n) is 7.00. The van der Waals surface area contributed by atoms with Crippen molar-refractivity contribution in [2.75, 3.05) is 0 Å². The summed E-state index contributed by atoms with van der Waals surface area (Å²) in [6, 6.07) is 5.21. The molecule has 0 radical (unpaired) electrons. The lowest BCUT2D eigenvalue weighted by molar-refractivity contribution is 0.670. The quantitative estimate of drug-likeness (QED) is 0.167. The molecule has 10 aromatic carbocycles. The Morgan fingerprint density at radius 1 is 0.358 bits per heavy atom. The average Bonchev–Trinajstić information content (AvgIpc) is 3.81. The van der Waals surface area contributed by atoms with E-state index in [1.165, 1.54) is 0 Å². The molecule has 0 aliphatic heterocycles. The van der Waals surface area contributed by atoms with Crippen LogP contribution in [0.15, 0.2) is 198 Å². The molecular weight excluding hydrogens is 641 g/mol. The number of furan rings is 1. The van der Waals surface area contributed by atoms with E-state index in [9.17, 15) is 9.60 Å². The van der Waals surface area contributed by atoms with Crippen molar-refractivity contribution in [1.82, 2.24) is 0 Å². The van der Waals surface area contributed by atoms with Crippen molar-refractivity contribution in [1.29, 1.82) is 0 Å². The lowest BCUT2D eigenvalue weighted by Crippen LogP contribution is -1.91. The third-order valence-electron chi connectivity index (χ3n) is 9.42. The summed E-state index contributed by atoms with van der Waals surface area (Å²) >= 11 is 0. The van der Waals surface area contributed by atoms with Crippen molar-refractivity contribution >= 4 is 65.0 Å². The number of fused-ring (bicyclic) bond motifs is 7. The van der Waals surface area contributed by atoms with E-state index < -0.39 is 125 Å². The van der Waals surface area contributed by atoms with Gasteiger partial charge in [-0.05, 0) is 112 Å². The van der Waals surface area contributed by atoms with E-state index in [1.54, 1.807) is 66.7 Å². The molecule has 1 nitrogen and oxygen atoms in total. The summed E-state index contributed by atoms with van der Waals surface area (Å²) < 4.78 is 195. The van der Waals surface area contributed by atoms with Crippen LogP contribution in [0.25, 0.3) is 110 Å². The molecule has 0 amide bonds. The Hall–Kier alpha value is -6.96. The normalized spacial score (nSPS) is 17.3. The highest BCUT2D eigenvalue weighted by atomic mass is 16.3. The van der Waals surface area contributed by atoms with E-state index in [4.69, 9.17) is 23.6 Å². The maximum atomic E-state index is 9.51. The van der Waals surface area contributed by atoms with Crippen LogP contribution in [-0.4, -0.2) is 0 Å². The Morgan fingerprint density at radius 3 is 1.70 bits per heavy atom. The Kier molecular flexibility index (Phi) is 3.50. The van der Waals surface area contributed by atoms with E-state index in [0.717, 1.165) is 0 Å². The van der Waals surface area contributed by atoms with Gasteiger partial charge in [0.05, 0.1) is 28.8 Å². The Labute approximate surface area is 336 Å². The minimum atomic E-state index is -0.797. The van der Waals surface area contributed by atoms with Gasteiger partial charge in [0, 0.05) is 16.3 Å². The first kappa shape index (κ1) is 15.7. The molecular formula is C52H32O. The molecule has 246 valence electrons. The van der Waals surface area contributed by atoms with Gasteiger partial charge in [-0.3, -0.25) is 0 Å². The second kappa shape index (κ2) is 11.8. The molecule has 1 heteroatoms. The topological polar surface area (TPSA) is 13.1 Å². The Morgan fingerprint density at radius 2 is 0.962 bits per heavy atom. The number of hydrogen-bond donors (Lipinski definition) is 0. The molecule has 0 unspecified atom stereocenters. The monoisotopic (exact) mass is 693 g/mol. The first-order chi connectivity index (χ1) is 35.0. The van der Waals surface area contributed by atoms with Crippen molar-refractivity contribution in [3.05, 3.63) is 194 Å². The van der Waals surface area contributed by atoms with Crippen molar-refractivity contribution in [3.8, 4) is 44.5 Å². The summed E-state index contributed by atoms with van der Waals surface area (Å²) in [4.78, 5) is 0. The van der Waals surface area contributed by atoms with Crippen LogP contribution < -0.4 is 0 Å². The highest BCUT2D eigenvalue weighted by molar-refractivity contribution is 6.22. The molecule has 0 spiro atoms. The second-order valence-electron chi connectivity index (χ2n) is 12.4. The lowest BCUT2D eigenvalue weighted by atomic mass is 9.85.